The lowest BCUT2D eigenvalue weighted by Gasteiger charge is -2.47. The Morgan fingerprint density at radius 1 is 0.605 bits per heavy atom. The van der Waals surface area contributed by atoms with Crippen LogP contribution in [0.25, 0.3) is 22.0 Å². The number of benzene rings is 3. The van der Waals surface area contributed by atoms with E-state index >= 15 is 0 Å². The zero-order valence-corrected chi connectivity index (χ0v) is 24.3. The second kappa shape index (κ2) is 7.14. The molecule has 38 heavy (non-hydrogen) atoms. The van der Waals surface area contributed by atoms with Crippen LogP contribution >= 0.6 is 0 Å². The second-order valence-electron chi connectivity index (χ2n) is 14.8. The molecule has 2 nitrogen and oxygen atoms in total. The highest BCUT2D eigenvalue weighted by molar-refractivity contribution is 5.97. The molecule has 0 atom stereocenters. The average Bonchev–Trinajstić information content (AvgIpc) is 3.39. The summed E-state index contributed by atoms with van der Waals surface area (Å²) in [6.45, 7) is 19.3. The van der Waals surface area contributed by atoms with Crippen molar-refractivity contribution in [3.63, 3.8) is 0 Å². The van der Waals surface area contributed by atoms with Crippen LogP contribution in [-0.2, 0) is 34.5 Å². The maximum Gasteiger partial charge on any atom is 0.0939 e. The summed E-state index contributed by atoms with van der Waals surface area (Å²) in [5.74, 6) is 0. The van der Waals surface area contributed by atoms with Crippen molar-refractivity contribution in [1.29, 1.82) is 0 Å². The molecule has 3 aliphatic carbocycles. The van der Waals surface area contributed by atoms with E-state index < -0.39 is 0 Å². The molecular formula is C36H40N2. The van der Waals surface area contributed by atoms with Gasteiger partial charge in [-0.2, -0.15) is 10.2 Å². The predicted molar refractivity (Wildman–Crippen MR) is 158 cm³/mol. The van der Waals surface area contributed by atoms with Gasteiger partial charge < -0.3 is 0 Å². The van der Waals surface area contributed by atoms with Gasteiger partial charge in [-0.3, -0.25) is 0 Å². The van der Waals surface area contributed by atoms with Gasteiger partial charge in [-0.15, -0.1) is 0 Å². The lowest BCUT2D eigenvalue weighted by atomic mass is 9.55. The highest BCUT2D eigenvalue weighted by Gasteiger charge is 2.63. The van der Waals surface area contributed by atoms with Gasteiger partial charge in [0, 0.05) is 11.0 Å². The maximum atomic E-state index is 4.85. The Morgan fingerprint density at radius 2 is 1.24 bits per heavy atom. The van der Waals surface area contributed by atoms with Crippen LogP contribution in [0.5, 0.6) is 0 Å². The Labute approximate surface area is 227 Å². The van der Waals surface area contributed by atoms with Crippen LogP contribution < -0.4 is 0 Å². The fourth-order valence-electron chi connectivity index (χ4n) is 9.20. The normalized spacial score (nSPS) is 22.4. The van der Waals surface area contributed by atoms with Crippen LogP contribution in [0.3, 0.4) is 0 Å². The molecule has 4 aromatic rings. The van der Waals surface area contributed by atoms with Gasteiger partial charge in [0.25, 0.3) is 0 Å². The van der Waals surface area contributed by atoms with Gasteiger partial charge in [-0.25, -0.2) is 0 Å². The minimum absolute atomic E-state index is 0.0434. The number of hydrogen-bond donors (Lipinski definition) is 0. The van der Waals surface area contributed by atoms with Crippen molar-refractivity contribution in [1.82, 2.24) is 10.2 Å². The van der Waals surface area contributed by atoms with Crippen LogP contribution in [0.1, 0.15) is 95.3 Å². The predicted octanol–water partition coefficient (Wildman–Crippen LogP) is 8.61. The van der Waals surface area contributed by atoms with E-state index in [4.69, 9.17) is 10.2 Å². The summed E-state index contributed by atoms with van der Waals surface area (Å²) in [6.07, 6.45) is 3.38. The molecular weight excluding hydrogens is 460 g/mol. The van der Waals surface area contributed by atoms with Crippen LogP contribution in [0.2, 0.25) is 0 Å². The van der Waals surface area contributed by atoms with E-state index in [1.807, 2.05) is 0 Å². The highest BCUT2D eigenvalue weighted by atomic mass is 15.1. The molecule has 0 aliphatic heterocycles. The van der Waals surface area contributed by atoms with Crippen molar-refractivity contribution in [3.8, 4) is 11.3 Å². The summed E-state index contributed by atoms with van der Waals surface area (Å²) in [7, 11) is 0. The van der Waals surface area contributed by atoms with Crippen LogP contribution in [0, 0.1) is 5.41 Å². The molecule has 0 amide bonds. The van der Waals surface area contributed by atoms with E-state index in [-0.39, 0.29) is 27.1 Å². The van der Waals surface area contributed by atoms with Gasteiger partial charge in [0.2, 0.25) is 0 Å². The molecule has 3 aliphatic rings. The molecule has 0 N–H and O–H groups in total. The largest absolute Gasteiger partial charge is 0.154 e. The zero-order valence-electron chi connectivity index (χ0n) is 24.3. The first-order chi connectivity index (χ1) is 17.8. The lowest BCUT2D eigenvalue weighted by Crippen LogP contribution is -2.48. The van der Waals surface area contributed by atoms with Crippen molar-refractivity contribution in [3.05, 3.63) is 94.2 Å². The van der Waals surface area contributed by atoms with Crippen LogP contribution in [-0.4, -0.2) is 10.2 Å². The van der Waals surface area contributed by atoms with Gasteiger partial charge in [-0.05, 0) is 91.6 Å². The molecule has 2 heteroatoms. The highest BCUT2D eigenvalue weighted by Crippen LogP contribution is 2.67. The number of hydrogen-bond acceptors (Lipinski definition) is 2. The Kier molecular flexibility index (Phi) is 4.52. The summed E-state index contributed by atoms with van der Waals surface area (Å²) in [5, 5.41) is 12.3. The molecule has 0 bridgehead atoms. The third kappa shape index (κ3) is 2.84. The molecule has 0 fully saturated rings. The van der Waals surface area contributed by atoms with E-state index in [0.717, 1.165) is 30.7 Å². The zero-order chi connectivity index (χ0) is 26.9. The summed E-state index contributed by atoms with van der Waals surface area (Å²) >= 11 is 0. The smallest absolute Gasteiger partial charge is 0.0939 e. The number of fused-ring (bicyclic) bond motifs is 4. The first-order valence-corrected chi connectivity index (χ1v) is 14.3. The molecule has 1 heterocycles. The van der Waals surface area contributed by atoms with Gasteiger partial charge >= 0.3 is 0 Å². The van der Waals surface area contributed by atoms with E-state index in [1.165, 1.54) is 44.2 Å². The van der Waals surface area contributed by atoms with Crippen molar-refractivity contribution in [2.75, 3.05) is 0 Å². The fourth-order valence-corrected chi connectivity index (χ4v) is 9.20. The molecule has 7 rings (SSSR count). The monoisotopic (exact) mass is 500 g/mol. The third-order valence-corrected chi connectivity index (χ3v) is 11.2. The van der Waals surface area contributed by atoms with Gasteiger partial charge in [0.15, 0.2) is 0 Å². The summed E-state index contributed by atoms with van der Waals surface area (Å²) in [4.78, 5) is 0. The van der Waals surface area contributed by atoms with Crippen molar-refractivity contribution < 1.29 is 0 Å². The molecule has 194 valence electrons. The fraction of sp³-hybridized carbons (Fsp3) is 0.444. The minimum atomic E-state index is 0.0434. The first kappa shape index (κ1) is 24.1. The Bertz CT molecular complexity index is 1620. The number of rotatable bonds is 1. The molecule has 0 radical (unpaired) electrons. The van der Waals surface area contributed by atoms with E-state index in [9.17, 15) is 0 Å². The van der Waals surface area contributed by atoms with E-state index in [0.29, 0.717) is 0 Å². The van der Waals surface area contributed by atoms with Crippen molar-refractivity contribution in [2.24, 2.45) is 5.41 Å². The number of nitrogens with zero attached hydrogens (tertiary/aromatic N) is 2. The Morgan fingerprint density at radius 3 is 1.89 bits per heavy atom. The van der Waals surface area contributed by atoms with Crippen molar-refractivity contribution >= 4 is 10.8 Å². The van der Waals surface area contributed by atoms with E-state index in [2.05, 4.69) is 116 Å². The summed E-state index contributed by atoms with van der Waals surface area (Å²) in [5.41, 5.74) is 11.2. The van der Waals surface area contributed by atoms with Gasteiger partial charge in [0.1, 0.15) is 0 Å². The van der Waals surface area contributed by atoms with Crippen LogP contribution in [0.15, 0.2) is 60.7 Å². The van der Waals surface area contributed by atoms with Gasteiger partial charge in [0.05, 0.1) is 11.4 Å². The SMILES string of the molecule is CC1(C)CC(C)(C)c2nnc(-c3cccc4cc5c(cc34)C(C)(C)C3(Cc4ccccc4C3)C5(C)C)cc21. The van der Waals surface area contributed by atoms with E-state index in [1.54, 1.807) is 0 Å². The number of aromatic nitrogens is 2. The van der Waals surface area contributed by atoms with Crippen molar-refractivity contribution in [2.45, 2.75) is 96.3 Å². The van der Waals surface area contributed by atoms with Gasteiger partial charge in [-0.1, -0.05) is 104 Å². The van der Waals surface area contributed by atoms with Crippen LogP contribution in [0.4, 0.5) is 0 Å². The third-order valence-electron chi connectivity index (χ3n) is 11.2. The quantitative estimate of drug-likeness (QED) is 0.261. The average molecular weight is 501 g/mol. The Hall–Kier alpha value is -3.00. The standard InChI is InChI=1S/C36H40N2/c1-32(2)21-33(3,4)31-29(32)18-30(37-38-31)25-15-11-14-22-16-27-28(17-26(22)25)35(7,8)36(34(27,5)6)19-23-12-9-10-13-24(23)20-36/h9-18H,19-21H2,1-8H3. The maximum absolute atomic E-state index is 4.85. The Balaban J connectivity index is 1.42. The molecule has 0 saturated carbocycles. The molecule has 1 spiro atoms. The molecule has 0 unspecified atom stereocenters. The summed E-state index contributed by atoms with van der Waals surface area (Å²) in [6, 6.07) is 23.2. The topological polar surface area (TPSA) is 25.8 Å². The summed E-state index contributed by atoms with van der Waals surface area (Å²) < 4.78 is 0. The minimum Gasteiger partial charge on any atom is -0.154 e. The molecule has 3 aromatic carbocycles. The lowest BCUT2D eigenvalue weighted by molar-refractivity contribution is 0.0889. The molecule has 1 aromatic heterocycles. The molecule has 0 saturated heterocycles. The first-order valence-electron chi connectivity index (χ1n) is 14.3. The second-order valence-corrected chi connectivity index (χ2v) is 14.8.